The Morgan fingerprint density at radius 3 is 2.53 bits per heavy atom. The number of fused-ring (bicyclic) bond motifs is 4. The molecular weight excluding hydrogens is 376 g/mol. The molecular formula is C24H32N4O2. The van der Waals surface area contributed by atoms with E-state index in [-0.39, 0.29) is 5.56 Å². The van der Waals surface area contributed by atoms with E-state index in [1.165, 1.54) is 17.8 Å². The number of anilines is 1. The first-order valence-corrected chi connectivity index (χ1v) is 11.2. The molecule has 1 aromatic heterocycles. The Balaban J connectivity index is 1.14. The summed E-state index contributed by atoms with van der Waals surface area (Å²) >= 11 is 0. The molecule has 3 aliphatic heterocycles. The number of aromatic nitrogens is 1. The van der Waals surface area contributed by atoms with Crippen LogP contribution in [0.3, 0.4) is 0 Å². The van der Waals surface area contributed by atoms with E-state index in [1.54, 1.807) is 13.2 Å². The smallest absolute Gasteiger partial charge is 0.250 e. The predicted molar refractivity (Wildman–Crippen MR) is 120 cm³/mol. The van der Waals surface area contributed by atoms with Gasteiger partial charge in [-0.3, -0.25) is 9.69 Å². The Labute approximate surface area is 178 Å². The fourth-order valence-corrected chi connectivity index (χ4v) is 5.56. The van der Waals surface area contributed by atoms with Crippen LogP contribution in [0.2, 0.25) is 0 Å². The van der Waals surface area contributed by atoms with E-state index in [0.717, 1.165) is 64.7 Å². The minimum Gasteiger partial charge on any atom is -0.495 e. The number of hydrogen-bond acceptors (Lipinski definition) is 5. The molecule has 2 aromatic rings. The van der Waals surface area contributed by atoms with Crippen LogP contribution in [-0.2, 0) is 6.54 Å². The number of likely N-dealkylation sites (tertiary alicyclic amines) is 1. The van der Waals surface area contributed by atoms with Gasteiger partial charge in [-0.15, -0.1) is 0 Å². The molecule has 5 rings (SSSR count). The van der Waals surface area contributed by atoms with Gasteiger partial charge in [0, 0.05) is 76.6 Å². The van der Waals surface area contributed by atoms with Crippen molar-refractivity contribution in [3.63, 3.8) is 0 Å². The van der Waals surface area contributed by atoms with E-state index in [2.05, 4.69) is 32.9 Å². The second kappa shape index (κ2) is 8.44. The van der Waals surface area contributed by atoms with Crippen molar-refractivity contribution in [1.82, 2.24) is 14.4 Å². The van der Waals surface area contributed by atoms with E-state index in [1.807, 2.05) is 22.8 Å². The van der Waals surface area contributed by atoms with E-state index in [0.29, 0.717) is 11.8 Å². The quantitative estimate of drug-likeness (QED) is 0.758. The molecule has 0 N–H and O–H groups in total. The van der Waals surface area contributed by atoms with Crippen LogP contribution in [-0.4, -0.2) is 73.8 Å². The molecule has 1 aromatic carbocycles. The van der Waals surface area contributed by atoms with Gasteiger partial charge in [-0.05, 0) is 30.5 Å². The lowest BCUT2D eigenvalue weighted by Crippen LogP contribution is -2.51. The zero-order valence-corrected chi connectivity index (χ0v) is 17.9. The Kier molecular flexibility index (Phi) is 5.52. The number of pyridine rings is 1. The Morgan fingerprint density at radius 2 is 1.70 bits per heavy atom. The van der Waals surface area contributed by atoms with Crippen molar-refractivity contribution in [1.29, 1.82) is 0 Å². The number of ether oxygens (including phenoxy) is 1. The summed E-state index contributed by atoms with van der Waals surface area (Å²) in [6.07, 6.45) is 1.23. The highest BCUT2D eigenvalue weighted by molar-refractivity contribution is 5.58. The number of piperazine rings is 1. The zero-order valence-electron chi connectivity index (χ0n) is 17.9. The average Bonchev–Trinajstić information content (AvgIpc) is 2.79. The van der Waals surface area contributed by atoms with Crippen LogP contribution < -0.4 is 15.2 Å². The predicted octanol–water partition coefficient (Wildman–Crippen LogP) is 2.10. The maximum absolute atomic E-state index is 12.2. The summed E-state index contributed by atoms with van der Waals surface area (Å²) in [4.78, 5) is 19.9. The van der Waals surface area contributed by atoms with Gasteiger partial charge in [-0.1, -0.05) is 18.2 Å². The second-order valence-corrected chi connectivity index (χ2v) is 8.96. The van der Waals surface area contributed by atoms with E-state index in [9.17, 15) is 4.79 Å². The monoisotopic (exact) mass is 408 g/mol. The third-order valence-corrected chi connectivity index (χ3v) is 7.09. The topological polar surface area (TPSA) is 41.0 Å². The van der Waals surface area contributed by atoms with Crippen molar-refractivity contribution >= 4 is 5.69 Å². The highest BCUT2D eigenvalue weighted by atomic mass is 16.5. The minimum atomic E-state index is 0.170. The summed E-state index contributed by atoms with van der Waals surface area (Å²) in [5, 5.41) is 0. The molecule has 0 amide bonds. The van der Waals surface area contributed by atoms with Crippen molar-refractivity contribution in [2.24, 2.45) is 5.92 Å². The number of methoxy groups -OCH3 is 1. The lowest BCUT2D eigenvalue weighted by atomic mass is 9.83. The lowest BCUT2D eigenvalue weighted by Gasteiger charge is -2.44. The van der Waals surface area contributed by atoms with Gasteiger partial charge >= 0.3 is 0 Å². The first-order valence-electron chi connectivity index (χ1n) is 11.2. The first-order chi connectivity index (χ1) is 14.7. The van der Waals surface area contributed by atoms with Crippen molar-refractivity contribution in [3.8, 4) is 5.75 Å². The van der Waals surface area contributed by atoms with Crippen LogP contribution in [0.5, 0.6) is 5.75 Å². The molecule has 6 nitrogen and oxygen atoms in total. The third kappa shape index (κ3) is 3.86. The van der Waals surface area contributed by atoms with Crippen LogP contribution in [0.25, 0.3) is 0 Å². The number of piperidine rings is 1. The van der Waals surface area contributed by atoms with Crippen LogP contribution in [0.1, 0.15) is 18.0 Å². The molecule has 0 aliphatic carbocycles. The van der Waals surface area contributed by atoms with Crippen LogP contribution in [0, 0.1) is 5.92 Å². The average molecular weight is 409 g/mol. The minimum absolute atomic E-state index is 0.170. The van der Waals surface area contributed by atoms with Crippen LogP contribution in [0.4, 0.5) is 5.69 Å². The standard InChI is InChI=1S/C24H32N4O2/c1-30-23-7-3-2-5-22(23)27-13-11-25(12-14-27)9-10-26-16-19-15-20(18-26)21-6-4-8-24(29)28(21)17-19/h2-8,19-20H,9-18H2,1H3/t19-,20+/m1/s1. The Morgan fingerprint density at radius 1 is 0.900 bits per heavy atom. The van der Waals surface area contributed by atoms with Gasteiger partial charge in [-0.25, -0.2) is 0 Å². The molecule has 0 radical (unpaired) electrons. The van der Waals surface area contributed by atoms with Gasteiger partial charge in [0.25, 0.3) is 5.56 Å². The Hall–Kier alpha value is -2.31. The summed E-state index contributed by atoms with van der Waals surface area (Å²) in [6.45, 7) is 9.62. The summed E-state index contributed by atoms with van der Waals surface area (Å²) in [6, 6.07) is 14.1. The first kappa shape index (κ1) is 19.6. The highest BCUT2D eigenvalue weighted by Gasteiger charge is 2.34. The molecule has 2 fully saturated rings. The summed E-state index contributed by atoms with van der Waals surface area (Å²) in [5.41, 5.74) is 2.62. The fraction of sp³-hybridized carbons (Fsp3) is 0.542. The molecule has 0 saturated carbocycles. The van der Waals surface area contributed by atoms with Crippen molar-refractivity contribution in [2.45, 2.75) is 18.9 Å². The fourth-order valence-electron chi connectivity index (χ4n) is 5.56. The number of hydrogen-bond donors (Lipinski definition) is 0. The van der Waals surface area contributed by atoms with Gasteiger partial charge < -0.3 is 19.1 Å². The number of benzene rings is 1. The van der Waals surface area contributed by atoms with Crippen LogP contribution >= 0.6 is 0 Å². The molecule has 4 heterocycles. The molecule has 6 heteroatoms. The second-order valence-electron chi connectivity index (χ2n) is 8.96. The molecule has 0 unspecified atom stereocenters. The van der Waals surface area contributed by atoms with Gasteiger partial charge in [0.2, 0.25) is 0 Å². The summed E-state index contributed by atoms with van der Waals surface area (Å²) < 4.78 is 7.56. The molecule has 2 bridgehead atoms. The Bertz CT molecular complexity index is 935. The van der Waals surface area contributed by atoms with Gasteiger partial charge in [0.05, 0.1) is 12.8 Å². The SMILES string of the molecule is COc1ccccc1N1CCN(CCN2C[C@H]3C[C@@H](C2)c2cccc(=O)n2C3)CC1. The normalized spacial score (nSPS) is 24.5. The van der Waals surface area contributed by atoms with Crippen LogP contribution in [0.15, 0.2) is 47.3 Å². The summed E-state index contributed by atoms with van der Waals surface area (Å²) in [5.74, 6) is 2.08. The van der Waals surface area contributed by atoms with E-state index in [4.69, 9.17) is 4.74 Å². The number of rotatable bonds is 5. The molecule has 3 aliphatic rings. The maximum atomic E-state index is 12.2. The molecule has 0 spiro atoms. The largest absolute Gasteiger partial charge is 0.495 e. The van der Waals surface area contributed by atoms with E-state index < -0.39 is 0 Å². The molecule has 30 heavy (non-hydrogen) atoms. The zero-order chi connectivity index (χ0) is 20.5. The molecule has 2 saturated heterocycles. The van der Waals surface area contributed by atoms with Crippen molar-refractivity contribution in [3.05, 3.63) is 58.5 Å². The lowest BCUT2D eigenvalue weighted by molar-refractivity contribution is 0.105. The number of para-hydroxylation sites is 2. The van der Waals surface area contributed by atoms with Crippen molar-refractivity contribution in [2.75, 3.05) is 64.4 Å². The highest BCUT2D eigenvalue weighted by Crippen LogP contribution is 2.35. The number of nitrogens with zero attached hydrogens (tertiary/aromatic N) is 4. The summed E-state index contributed by atoms with van der Waals surface area (Å²) in [7, 11) is 1.75. The van der Waals surface area contributed by atoms with Crippen molar-refractivity contribution < 1.29 is 4.74 Å². The maximum Gasteiger partial charge on any atom is 0.250 e. The van der Waals surface area contributed by atoms with Gasteiger partial charge in [0.1, 0.15) is 5.75 Å². The van der Waals surface area contributed by atoms with Gasteiger partial charge in [-0.2, -0.15) is 0 Å². The van der Waals surface area contributed by atoms with E-state index >= 15 is 0 Å². The molecule has 160 valence electrons. The molecule has 2 atom stereocenters. The third-order valence-electron chi connectivity index (χ3n) is 7.09. The van der Waals surface area contributed by atoms with Gasteiger partial charge in [0.15, 0.2) is 0 Å².